The summed E-state index contributed by atoms with van der Waals surface area (Å²) in [4.78, 5) is 13.2. The number of benzene rings is 4. The molecule has 4 rings (SSSR count). The number of halogens is 2. The first-order chi connectivity index (χ1) is 16.8. The molecule has 1 N–H and O–H groups in total. The lowest BCUT2D eigenvalue weighted by atomic mass is 10.2. The summed E-state index contributed by atoms with van der Waals surface area (Å²) in [5.74, 6) is 0.385. The van der Waals surface area contributed by atoms with E-state index in [-0.39, 0.29) is 4.90 Å². The van der Waals surface area contributed by atoms with Crippen LogP contribution in [0.15, 0.2) is 112 Å². The molecule has 178 valence electrons. The van der Waals surface area contributed by atoms with Crippen molar-refractivity contribution in [1.29, 1.82) is 0 Å². The molecule has 0 heterocycles. The molecular weight excluding hydrogens is 552 g/mol. The highest BCUT2D eigenvalue weighted by Gasteiger charge is 2.27. The number of carbonyl (C=O) groups excluding carboxylic acids is 1. The van der Waals surface area contributed by atoms with Crippen LogP contribution in [0.3, 0.4) is 0 Å². The monoisotopic (exact) mass is 570 g/mol. The molecule has 0 saturated carbocycles. The number of hydrogen-bond acceptors (Lipinski definition) is 4. The van der Waals surface area contributed by atoms with E-state index in [9.17, 15) is 13.2 Å². The number of carbonyl (C=O) groups is 1. The van der Waals surface area contributed by atoms with Gasteiger partial charge in [0.15, 0.2) is 5.75 Å². The molecule has 6 nitrogen and oxygen atoms in total. The van der Waals surface area contributed by atoms with E-state index >= 15 is 0 Å². The number of anilines is 2. The number of ether oxygens (including phenoxy) is 1. The lowest BCUT2D eigenvalue weighted by molar-refractivity contribution is -0.114. The van der Waals surface area contributed by atoms with Crippen LogP contribution < -0.4 is 14.4 Å². The largest absolute Gasteiger partial charge is 0.455 e. The molecule has 35 heavy (non-hydrogen) atoms. The number of nitrogens with one attached hydrogen (secondary N) is 1. The summed E-state index contributed by atoms with van der Waals surface area (Å²) in [5, 5.41) is 3.13. The van der Waals surface area contributed by atoms with Crippen LogP contribution in [-0.2, 0) is 14.8 Å². The van der Waals surface area contributed by atoms with Crippen LogP contribution in [-0.4, -0.2) is 20.9 Å². The van der Waals surface area contributed by atoms with Crippen molar-refractivity contribution in [1.82, 2.24) is 0 Å². The van der Waals surface area contributed by atoms with Gasteiger partial charge in [-0.1, -0.05) is 63.9 Å². The maximum atomic E-state index is 13.5. The zero-order chi connectivity index (χ0) is 24.8. The van der Waals surface area contributed by atoms with Crippen LogP contribution >= 0.6 is 27.5 Å². The minimum atomic E-state index is -4.02. The molecule has 0 unspecified atom stereocenters. The molecular formula is C26H20BrClN2O4S. The van der Waals surface area contributed by atoms with Crippen molar-refractivity contribution in [3.63, 3.8) is 0 Å². The average molecular weight is 572 g/mol. The molecule has 0 atom stereocenters. The van der Waals surface area contributed by atoms with Crippen LogP contribution in [0.4, 0.5) is 11.4 Å². The quantitative estimate of drug-likeness (QED) is 0.254. The van der Waals surface area contributed by atoms with Crippen molar-refractivity contribution >= 4 is 54.8 Å². The Bertz CT molecular complexity index is 1420. The van der Waals surface area contributed by atoms with E-state index in [4.69, 9.17) is 16.3 Å². The van der Waals surface area contributed by atoms with Crippen LogP contribution in [0.2, 0.25) is 5.02 Å². The number of nitrogens with zero attached hydrogens (tertiary/aromatic N) is 1. The first kappa shape index (κ1) is 24.8. The normalized spacial score (nSPS) is 11.0. The summed E-state index contributed by atoms with van der Waals surface area (Å²) in [5.41, 5.74) is 0.665. The topological polar surface area (TPSA) is 75.7 Å². The zero-order valence-electron chi connectivity index (χ0n) is 18.3. The van der Waals surface area contributed by atoms with E-state index < -0.39 is 22.5 Å². The summed E-state index contributed by atoms with van der Waals surface area (Å²) < 4.78 is 34.7. The smallest absolute Gasteiger partial charge is 0.264 e. The fourth-order valence-corrected chi connectivity index (χ4v) is 5.15. The predicted octanol–water partition coefficient (Wildman–Crippen LogP) is 6.73. The Morgan fingerprint density at radius 2 is 1.51 bits per heavy atom. The molecule has 0 saturated heterocycles. The molecule has 0 spiro atoms. The first-order valence-corrected chi connectivity index (χ1v) is 13.1. The molecule has 0 aromatic heterocycles. The SMILES string of the molecule is O=C(CN(c1ccc(Br)cc1)S(=O)(=O)c1ccccc1)Nc1cc(Cl)ccc1Oc1ccccc1. The summed E-state index contributed by atoms with van der Waals surface area (Å²) in [6.45, 7) is -0.462. The van der Waals surface area contributed by atoms with Gasteiger partial charge in [0.05, 0.1) is 16.3 Å². The minimum absolute atomic E-state index is 0.0755. The Balaban J connectivity index is 1.63. The van der Waals surface area contributed by atoms with Gasteiger partial charge in [-0.25, -0.2) is 8.42 Å². The summed E-state index contributed by atoms with van der Waals surface area (Å²) >= 11 is 9.51. The lowest BCUT2D eigenvalue weighted by Gasteiger charge is -2.24. The highest BCUT2D eigenvalue weighted by molar-refractivity contribution is 9.10. The van der Waals surface area contributed by atoms with Crippen molar-refractivity contribution < 1.29 is 17.9 Å². The molecule has 4 aromatic rings. The zero-order valence-corrected chi connectivity index (χ0v) is 21.4. The third kappa shape index (κ3) is 6.22. The average Bonchev–Trinajstić information content (AvgIpc) is 2.86. The molecule has 0 aliphatic carbocycles. The Morgan fingerprint density at radius 3 is 2.17 bits per heavy atom. The predicted molar refractivity (Wildman–Crippen MR) is 142 cm³/mol. The van der Waals surface area contributed by atoms with Crippen LogP contribution in [0, 0.1) is 0 Å². The number of rotatable bonds is 8. The fraction of sp³-hybridized carbons (Fsp3) is 0.0385. The molecule has 0 bridgehead atoms. The Labute approximate surface area is 217 Å². The van der Waals surface area contributed by atoms with Gasteiger partial charge in [-0.05, 0) is 66.7 Å². The van der Waals surface area contributed by atoms with Gasteiger partial charge in [-0.2, -0.15) is 0 Å². The van der Waals surface area contributed by atoms with Gasteiger partial charge in [0.2, 0.25) is 5.91 Å². The van der Waals surface area contributed by atoms with Crippen LogP contribution in [0.1, 0.15) is 0 Å². The van der Waals surface area contributed by atoms with Crippen LogP contribution in [0.5, 0.6) is 11.5 Å². The van der Waals surface area contributed by atoms with Gasteiger partial charge >= 0.3 is 0 Å². The second-order valence-electron chi connectivity index (χ2n) is 7.40. The van der Waals surface area contributed by atoms with E-state index in [1.807, 2.05) is 18.2 Å². The Kier molecular flexibility index (Phi) is 7.75. The summed E-state index contributed by atoms with van der Waals surface area (Å²) in [6.07, 6.45) is 0. The van der Waals surface area contributed by atoms with E-state index in [0.717, 1.165) is 8.78 Å². The van der Waals surface area contributed by atoms with Gasteiger partial charge < -0.3 is 10.1 Å². The first-order valence-electron chi connectivity index (χ1n) is 10.5. The number of sulfonamides is 1. The highest BCUT2D eigenvalue weighted by Crippen LogP contribution is 2.32. The number of amides is 1. The van der Waals surface area contributed by atoms with Crippen molar-refractivity contribution in [2.24, 2.45) is 0 Å². The van der Waals surface area contributed by atoms with Gasteiger partial charge in [0.25, 0.3) is 10.0 Å². The van der Waals surface area contributed by atoms with Crippen molar-refractivity contribution in [3.05, 3.63) is 113 Å². The maximum Gasteiger partial charge on any atom is 0.264 e. The third-order valence-electron chi connectivity index (χ3n) is 4.92. The van der Waals surface area contributed by atoms with E-state index in [0.29, 0.717) is 27.9 Å². The van der Waals surface area contributed by atoms with Crippen LogP contribution in [0.25, 0.3) is 0 Å². The lowest BCUT2D eigenvalue weighted by Crippen LogP contribution is -2.38. The second-order valence-corrected chi connectivity index (χ2v) is 10.6. The Hall–Kier alpha value is -3.33. The fourth-order valence-electron chi connectivity index (χ4n) is 3.27. The van der Waals surface area contributed by atoms with Crippen molar-refractivity contribution in [3.8, 4) is 11.5 Å². The van der Waals surface area contributed by atoms with E-state index in [1.54, 1.807) is 72.8 Å². The van der Waals surface area contributed by atoms with Gasteiger partial charge in [-0.15, -0.1) is 0 Å². The second kappa shape index (κ2) is 10.9. The molecule has 9 heteroatoms. The number of para-hydroxylation sites is 1. The minimum Gasteiger partial charge on any atom is -0.455 e. The van der Waals surface area contributed by atoms with Gasteiger partial charge in [0.1, 0.15) is 12.3 Å². The van der Waals surface area contributed by atoms with E-state index in [1.165, 1.54) is 12.1 Å². The molecule has 4 aromatic carbocycles. The van der Waals surface area contributed by atoms with Crippen molar-refractivity contribution in [2.45, 2.75) is 4.90 Å². The third-order valence-corrected chi connectivity index (χ3v) is 7.47. The standard InChI is InChI=1S/C26H20BrClN2O4S/c27-19-11-14-21(15-12-19)30(35(32,33)23-9-5-2-6-10-23)18-26(31)29-24-17-20(28)13-16-25(24)34-22-7-3-1-4-8-22/h1-17H,18H2,(H,29,31). The highest BCUT2D eigenvalue weighted by atomic mass is 79.9. The van der Waals surface area contributed by atoms with E-state index in [2.05, 4.69) is 21.2 Å². The maximum absolute atomic E-state index is 13.5. The Morgan fingerprint density at radius 1 is 0.886 bits per heavy atom. The summed E-state index contributed by atoms with van der Waals surface area (Å²) in [6, 6.07) is 28.5. The molecule has 0 aliphatic heterocycles. The molecule has 0 fully saturated rings. The van der Waals surface area contributed by atoms with Crippen molar-refractivity contribution in [2.75, 3.05) is 16.2 Å². The van der Waals surface area contributed by atoms with Gasteiger partial charge in [-0.3, -0.25) is 9.10 Å². The molecule has 0 aliphatic rings. The molecule has 1 amide bonds. The molecule has 0 radical (unpaired) electrons. The van der Waals surface area contributed by atoms with Gasteiger partial charge in [0, 0.05) is 9.50 Å². The summed E-state index contributed by atoms with van der Waals surface area (Å²) in [7, 11) is -4.02. The number of hydrogen-bond donors (Lipinski definition) is 1.